The van der Waals surface area contributed by atoms with E-state index in [-0.39, 0.29) is 5.82 Å². The Hall–Kier alpha value is -4.36. The van der Waals surface area contributed by atoms with Crippen LogP contribution in [0, 0.1) is 11.2 Å². The molecule has 0 radical (unpaired) electrons. The van der Waals surface area contributed by atoms with Crippen LogP contribution >= 0.6 is 0 Å². The number of pyridine rings is 2. The van der Waals surface area contributed by atoms with Gasteiger partial charge >= 0.3 is 0 Å². The largest absolute Gasteiger partial charge is 0.494 e. The number of fused-ring (bicyclic) bond motifs is 1. The third kappa shape index (κ3) is 5.73. The Morgan fingerprint density at radius 2 is 1.70 bits per heavy atom. The molecule has 0 unspecified atom stereocenters. The van der Waals surface area contributed by atoms with Gasteiger partial charge < -0.3 is 15.0 Å². The number of hydrogen-bond donors (Lipinski definition) is 1. The summed E-state index contributed by atoms with van der Waals surface area (Å²) in [5.41, 5.74) is 6.68. The van der Waals surface area contributed by atoms with Crippen molar-refractivity contribution >= 4 is 11.7 Å². The summed E-state index contributed by atoms with van der Waals surface area (Å²) < 4.78 is 21.3. The number of nitrogens with one attached hydrogen (secondary N) is 1. The molecule has 0 aliphatic heterocycles. The van der Waals surface area contributed by atoms with Crippen molar-refractivity contribution < 1.29 is 9.13 Å². The highest BCUT2D eigenvalue weighted by Gasteiger charge is 2.17. The van der Waals surface area contributed by atoms with Crippen LogP contribution in [0.1, 0.15) is 17.5 Å². The van der Waals surface area contributed by atoms with Crippen molar-refractivity contribution in [1.82, 2.24) is 19.5 Å². The minimum absolute atomic E-state index is 0.269. The van der Waals surface area contributed by atoms with Gasteiger partial charge in [-0.3, -0.25) is 4.98 Å². The van der Waals surface area contributed by atoms with Gasteiger partial charge in [-0.1, -0.05) is 6.07 Å². The van der Waals surface area contributed by atoms with Crippen LogP contribution in [0.4, 0.5) is 4.39 Å². The van der Waals surface area contributed by atoms with Crippen molar-refractivity contribution in [3.63, 3.8) is 0 Å². The predicted molar refractivity (Wildman–Crippen MR) is 145 cm³/mol. The molecule has 0 aliphatic carbocycles. The van der Waals surface area contributed by atoms with Crippen molar-refractivity contribution in [3.05, 3.63) is 108 Å². The van der Waals surface area contributed by atoms with Gasteiger partial charge in [0.25, 0.3) is 0 Å². The number of hydrogen-bond acceptors (Lipinski definition) is 5. The van der Waals surface area contributed by atoms with E-state index in [1.807, 2.05) is 40.9 Å². The molecule has 0 spiro atoms. The molecule has 1 N–H and O–H groups in total. The summed E-state index contributed by atoms with van der Waals surface area (Å²) >= 11 is 0. The zero-order chi connectivity index (χ0) is 25.6. The molecular weight excluding hydrogens is 465 g/mol. The van der Waals surface area contributed by atoms with Gasteiger partial charge in [0.15, 0.2) is 0 Å². The molecule has 0 saturated carbocycles. The first-order valence-corrected chi connectivity index (χ1v) is 12.2. The quantitative estimate of drug-likeness (QED) is 0.189. The molecule has 3 heterocycles. The van der Waals surface area contributed by atoms with Gasteiger partial charge in [0.05, 0.1) is 12.1 Å². The maximum absolute atomic E-state index is 13.6. The molecule has 0 amide bonds. The lowest BCUT2D eigenvalue weighted by molar-refractivity contribution is 0.258. The zero-order valence-corrected chi connectivity index (χ0v) is 20.6. The van der Waals surface area contributed by atoms with E-state index in [0.717, 1.165) is 64.3 Å². The van der Waals surface area contributed by atoms with Crippen LogP contribution in [0.25, 0.3) is 27.9 Å². The molecule has 7 heteroatoms. The van der Waals surface area contributed by atoms with E-state index in [2.05, 4.69) is 35.3 Å². The van der Waals surface area contributed by atoms with E-state index in [1.54, 1.807) is 24.5 Å². The van der Waals surface area contributed by atoms with Crippen molar-refractivity contribution in [3.8, 4) is 28.1 Å². The third-order valence-corrected chi connectivity index (χ3v) is 6.23. The Balaban J connectivity index is 1.29. The van der Waals surface area contributed by atoms with E-state index in [9.17, 15) is 4.39 Å². The van der Waals surface area contributed by atoms with Crippen LogP contribution in [0.5, 0.6) is 5.75 Å². The number of benzene rings is 2. The molecule has 3 aromatic heterocycles. The second-order valence-corrected chi connectivity index (χ2v) is 8.99. The van der Waals surface area contributed by atoms with E-state index < -0.39 is 0 Å². The average Bonchev–Trinajstić information content (AvgIpc) is 3.31. The molecule has 0 saturated heterocycles. The van der Waals surface area contributed by atoms with E-state index in [0.29, 0.717) is 6.61 Å². The lowest BCUT2D eigenvalue weighted by atomic mass is 10.0. The van der Waals surface area contributed by atoms with E-state index in [4.69, 9.17) is 15.2 Å². The second kappa shape index (κ2) is 11.1. The van der Waals surface area contributed by atoms with Crippen molar-refractivity contribution in [2.75, 3.05) is 20.2 Å². The molecule has 0 fully saturated rings. The first-order valence-electron chi connectivity index (χ1n) is 12.2. The number of nitrogens with zero attached hydrogens (tertiary/aromatic N) is 4. The number of halogens is 1. The zero-order valence-electron chi connectivity index (χ0n) is 20.6. The smallest absolute Gasteiger partial charge is 0.123 e. The summed E-state index contributed by atoms with van der Waals surface area (Å²) in [6, 6.07) is 22.2. The molecule has 6 nitrogen and oxygen atoms in total. The third-order valence-electron chi connectivity index (χ3n) is 6.23. The fraction of sp³-hybridized carbons (Fsp3) is 0.167. The average molecular weight is 494 g/mol. The fourth-order valence-electron chi connectivity index (χ4n) is 4.37. The normalized spacial score (nSPS) is 11.2. The Morgan fingerprint density at radius 1 is 0.946 bits per heavy atom. The molecule has 2 aromatic carbocycles. The van der Waals surface area contributed by atoms with Gasteiger partial charge in [0, 0.05) is 49.0 Å². The Kier molecular flexibility index (Phi) is 7.33. The molecule has 5 aromatic rings. The van der Waals surface area contributed by atoms with Gasteiger partial charge in [-0.2, -0.15) is 5.10 Å². The summed E-state index contributed by atoms with van der Waals surface area (Å²) in [6.45, 7) is 2.29. The van der Waals surface area contributed by atoms with Crippen molar-refractivity contribution in [1.29, 1.82) is 5.41 Å². The van der Waals surface area contributed by atoms with Crippen LogP contribution in [-0.2, 0) is 6.54 Å². The van der Waals surface area contributed by atoms with Gasteiger partial charge in [-0.05, 0) is 96.9 Å². The number of aromatic nitrogens is 3. The Bertz CT molecular complexity index is 1480. The number of rotatable bonds is 10. The Morgan fingerprint density at radius 3 is 2.43 bits per heavy atom. The van der Waals surface area contributed by atoms with E-state index >= 15 is 0 Å². The minimum Gasteiger partial charge on any atom is -0.494 e. The molecule has 186 valence electrons. The standard InChI is InChI=1S/C30H28FN5O/c1-35(17-2-18-37-27-10-3-22(19-32)4-11-27)20-23-5-12-28-29(24-13-15-33-16-14-24)30(34-36(28)21-23)25-6-8-26(31)9-7-25/h3-16,19,21,32H,2,17-18,20H2,1H3. The lowest BCUT2D eigenvalue weighted by Crippen LogP contribution is -2.21. The van der Waals surface area contributed by atoms with Crippen LogP contribution in [-0.4, -0.2) is 45.9 Å². The predicted octanol–water partition coefficient (Wildman–Crippen LogP) is 6.10. The van der Waals surface area contributed by atoms with Crippen LogP contribution in [0.3, 0.4) is 0 Å². The summed E-state index contributed by atoms with van der Waals surface area (Å²) in [7, 11) is 2.10. The van der Waals surface area contributed by atoms with Gasteiger partial charge in [0.2, 0.25) is 0 Å². The lowest BCUT2D eigenvalue weighted by Gasteiger charge is -2.17. The van der Waals surface area contributed by atoms with Crippen LogP contribution in [0.15, 0.2) is 91.4 Å². The topological polar surface area (TPSA) is 66.5 Å². The maximum atomic E-state index is 13.6. The highest BCUT2D eigenvalue weighted by atomic mass is 19.1. The Labute approximate surface area is 215 Å². The van der Waals surface area contributed by atoms with Gasteiger partial charge in [-0.15, -0.1) is 0 Å². The molecule has 37 heavy (non-hydrogen) atoms. The second-order valence-electron chi connectivity index (χ2n) is 8.99. The molecular formula is C30H28FN5O. The minimum atomic E-state index is -0.269. The fourth-order valence-corrected chi connectivity index (χ4v) is 4.37. The van der Waals surface area contributed by atoms with Crippen molar-refractivity contribution in [2.24, 2.45) is 0 Å². The highest BCUT2D eigenvalue weighted by molar-refractivity contribution is 5.92. The van der Waals surface area contributed by atoms with Gasteiger partial charge in [0.1, 0.15) is 17.3 Å². The molecule has 0 bridgehead atoms. The molecule has 5 rings (SSSR count). The van der Waals surface area contributed by atoms with Crippen molar-refractivity contribution in [2.45, 2.75) is 13.0 Å². The summed E-state index contributed by atoms with van der Waals surface area (Å²) in [5.74, 6) is 0.550. The highest BCUT2D eigenvalue weighted by Crippen LogP contribution is 2.35. The maximum Gasteiger partial charge on any atom is 0.123 e. The SMILES string of the molecule is CN(CCCOc1ccc(C=N)cc1)Cc1ccc2c(-c3ccncc3)c(-c3ccc(F)cc3)nn2c1. The van der Waals surface area contributed by atoms with Crippen LogP contribution < -0.4 is 4.74 Å². The number of ether oxygens (including phenoxy) is 1. The molecule has 0 aliphatic rings. The van der Waals surface area contributed by atoms with E-state index in [1.165, 1.54) is 18.3 Å². The van der Waals surface area contributed by atoms with Crippen LogP contribution in [0.2, 0.25) is 0 Å². The molecule has 0 atom stereocenters. The first-order chi connectivity index (χ1) is 18.1. The summed E-state index contributed by atoms with van der Waals surface area (Å²) in [6.07, 6.45) is 7.82. The monoisotopic (exact) mass is 493 g/mol. The van der Waals surface area contributed by atoms with Gasteiger partial charge in [-0.25, -0.2) is 8.91 Å². The summed E-state index contributed by atoms with van der Waals surface area (Å²) in [4.78, 5) is 6.41. The summed E-state index contributed by atoms with van der Waals surface area (Å²) in [5, 5.41) is 12.2. The first kappa shape index (κ1) is 24.3.